The number of amides is 1. The predicted molar refractivity (Wildman–Crippen MR) is 89.1 cm³/mol. The summed E-state index contributed by atoms with van der Waals surface area (Å²) in [6, 6.07) is 5.47. The first kappa shape index (κ1) is 16.0. The van der Waals surface area contributed by atoms with Gasteiger partial charge in [-0.3, -0.25) is 9.59 Å². The maximum atomic E-state index is 12.7. The number of benzene rings is 1. The topological polar surface area (TPSA) is 58.6 Å². The SMILES string of the molecule is CCC(=O)N1CC(C)Oc2ccc(C(=O)C3CCCNC3)cc21. The molecule has 2 atom stereocenters. The number of nitrogens with one attached hydrogen (secondary N) is 1. The third-order valence-electron chi connectivity index (χ3n) is 4.57. The van der Waals surface area contributed by atoms with Crippen molar-refractivity contribution in [3.05, 3.63) is 23.8 Å². The molecule has 0 spiro atoms. The Balaban J connectivity index is 1.90. The Bertz CT molecular complexity index is 608. The highest BCUT2D eigenvalue weighted by atomic mass is 16.5. The normalized spacial score (nSPS) is 23.8. The maximum Gasteiger partial charge on any atom is 0.226 e. The van der Waals surface area contributed by atoms with Gasteiger partial charge in [-0.2, -0.15) is 0 Å². The molecule has 0 aromatic heterocycles. The monoisotopic (exact) mass is 316 g/mol. The number of hydrogen-bond acceptors (Lipinski definition) is 4. The molecule has 2 aliphatic heterocycles. The average molecular weight is 316 g/mol. The molecule has 23 heavy (non-hydrogen) atoms. The van der Waals surface area contributed by atoms with Gasteiger partial charge in [0, 0.05) is 24.4 Å². The third kappa shape index (κ3) is 3.24. The van der Waals surface area contributed by atoms with E-state index in [4.69, 9.17) is 4.74 Å². The molecular weight excluding hydrogens is 292 g/mol. The Morgan fingerprint density at radius 3 is 2.91 bits per heavy atom. The van der Waals surface area contributed by atoms with Crippen LogP contribution in [0.15, 0.2) is 18.2 Å². The largest absolute Gasteiger partial charge is 0.487 e. The van der Waals surface area contributed by atoms with Crippen LogP contribution in [0.3, 0.4) is 0 Å². The summed E-state index contributed by atoms with van der Waals surface area (Å²) in [6.07, 6.45) is 2.36. The molecule has 0 radical (unpaired) electrons. The van der Waals surface area contributed by atoms with Gasteiger partial charge in [0.05, 0.1) is 12.2 Å². The van der Waals surface area contributed by atoms with E-state index in [1.807, 2.05) is 32.0 Å². The molecule has 0 aliphatic carbocycles. The summed E-state index contributed by atoms with van der Waals surface area (Å²) in [5, 5.41) is 3.28. The number of fused-ring (bicyclic) bond motifs is 1. The molecule has 1 aromatic carbocycles. The van der Waals surface area contributed by atoms with E-state index in [-0.39, 0.29) is 23.7 Å². The van der Waals surface area contributed by atoms with Crippen molar-refractivity contribution in [3.63, 3.8) is 0 Å². The Hall–Kier alpha value is -1.88. The quantitative estimate of drug-likeness (QED) is 0.870. The molecule has 2 unspecified atom stereocenters. The first-order valence-corrected chi connectivity index (χ1v) is 8.46. The Morgan fingerprint density at radius 1 is 1.39 bits per heavy atom. The smallest absolute Gasteiger partial charge is 0.226 e. The van der Waals surface area contributed by atoms with Gasteiger partial charge in [-0.15, -0.1) is 0 Å². The first-order chi connectivity index (χ1) is 11.1. The van der Waals surface area contributed by atoms with Gasteiger partial charge in [-0.1, -0.05) is 6.92 Å². The summed E-state index contributed by atoms with van der Waals surface area (Å²) in [5.74, 6) is 0.928. The maximum absolute atomic E-state index is 12.7. The molecule has 0 bridgehead atoms. The zero-order chi connectivity index (χ0) is 16.4. The first-order valence-electron chi connectivity index (χ1n) is 8.46. The van der Waals surface area contributed by atoms with E-state index in [9.17, 15) is 9.59 Å². The van der Waals surface area contributed by atoms with Crippen LogP contribution in [0, 0.1) is 5.92 Å². The predicted octanol–water partition coefficient (Wildman–Crippen LogP) is 2.39. The molecule has 1 N–H and O–H groups in total. The zero-order valence-corrected chi connectivity index (χ0v) is 13.8. The lowest BCUT2D eigenvalue weighted by Crippen LogP contribution is -2.42. The summed E-state index contributed by atoms with van der Waals surface area (Å²) in [6.45, 7) is 6.05. The highest BCUT2D eigenvalue weighted by molar-refractivity contribution is 6.01. The second kappa shape index (κ2) is 6.71. The number of anilines is 1. The minimum Gasteiger partial charge on any atom is -0.487 e. The van der Waals surface area contributed by atoms with Gasteiger partial charge in [-0.05, 0) is 44.5 Å². The summed E-state index contributed by atoms with van der Waals surface area (Å²) in [5.41, 5.74) is 1.40. The second-order valence-electron chi connectivity index (χ2n) is 6.38. The Kier molecular flexibility index (Phi) is 4.66. The van der Waals surface area contributed by atoms with E-state index in [2.05, 4.69) is 5.32 Å². The minimum atomic E-state index is -0.0397. The Labute approximate surface area is 137 Å². The van der Waals surface area contributed by atoms with Crippen molar-refractivity contribution in [2.75, 3.05) is 24.5 Å². The molecule has 2 heterocycles. The molecule has 1 saturated heterocycles. The summed E-state index contributed by atoms with van der Waals surface area (Å²) >= 11 is 0. The zero-order valence-electron chi connectivity index (χ0n) is 13.8. The van der Waals surface area contributed by atoms with E-state index in [1.165, 1.54) is 0 Å². The molecule has 1 amide bonds. The van der Waals surface area contributed by atoms with Crippen molar-refractivity contribution in [3.8, 4) is 5.75 Å². The summed E-state index contributed by atoms with van der Waals surface area (Å²) in [7, 11) is 0. The van der Waals surface area contributed by atoms with Gasteiger partial charge in [0.1, 0.15) is 11.9 Å². The van der Waals surface area contributed by atoms with Gasteiger partial charge in [0.15, 0.2) is 5.78 Å². The van der Waals surface area contributed by atoms with Gasteiger partial charge in [0.25, 0.3) is 0 Å². The van der Waals surface area contributed by atoms with Crippen molar-refractivity contribution in [2.45, 2.75) is 39.2 Å². The fraction of sp³-hybridized carbons (Fsp3) is 0.556. The van der Waals surface area contributed by atoms with Crippen LogP contribution in [0.1, 0.15) is 43.5 Å². The average Bonchev–Trinajstić information content (AvgIpc) is 2.60. The van der Waals surface area contributed by atoms with E-state index in [1.54, 1.807) is 4.90 Å². The van der Waals surface area contributed by atoms with Crippen molar-refractivity contribution in [2.24, 2.45) is 5.92 Å². The second-order valence-corrected chi connectivity index (χ2v) is 6.38. The van der Waals surface area contributed by atoms with Gasteiger partial charge < -0.3 is 15.0 Å². The van der Waals surface area contributed by atoms with E-state index < -0.39 is 0 Å². The molecule has 5 nitrogen and oxygen atoms in total. The third-order valence-corrected chi connectivity index (χ3v) is 4.57. The lowest BCUT2D eigenvalue weighted by molar-refractivity contribution is -0.118. The molecule has 0 saturated carbocycles. The summed E-state index contributed by atoms with van der Waals surface area (Å²) < 4.78 is 5.82. The van der Waals surface area contributed by atoms with Crippen LogP contribution in [-0.4, -0.2) is 37.4 Å². The number of ether oxygens (including phenoxy) is 1. The number of rotatable bonds is 3. The molecular formula is C18H24N2O3. The highest BCUT2D eigenvalue weighted by Crippen LogP contribution is 2.35. The molecule has 5 heteroatoms. The number of nitrogens with zero attached hydrogens (tertiary/aromatic N) is 1. The van der Waals surface area contributed by atoms with Crippen LogP contribution in [0.25, 0.3) is 0 Å². The van der Waals surface area contributed by atoms with Crippen molar-refractivity contribution < 1.29 is 14.3 Å². The Morgan fingerprint density at radius 2 is 2.22 bits per heavy atom. The number of carbonyl (C=O) groups excluding carboxylic acids is 2. The number of ketones is 1. The molecule has 2 aliphatic rings. The van der Waals surface area contributed by atoms with E-state index in [0.717, 1.165) is 31.6 Å². The van der Waals surface area contributed by atoms with E-state index >= 15 is 0 Å². The van der Waals surface area contributed by atoms with Crippen LogP contribution in [0.5, 0.6) is 5.75 Å². The lowest BCUT2D eigenvalue weighted by Gasteiger charge is -2.33. The van der Waals surface area contributed by atoms with Crippen molar-refractivity contribution in [1.82, 2.24) is 5.32 Å². The van der Waals surface area contributed by atoms with Crippen LogP contribution in [0.4, 0.5) is 5.69 Å². The number of carbonyl (C=O) groups is 2. The van der Waals surface area contributed by atoms with E-state index in [0.29, 0.717) is 24.3 Å². The van der Waals surface area contributed by atoms with Crippen LogP contribution >= 0.6 is 0 Å². The van der Waals surface area contributed by atoms with Gasteiger partial charge >= 0.3 is 0 Å². The number of piperidine rings is 1. The number of hydrogen-bond donors (Lipinski definition) is 1. The van der Waals surface area contributed by atoms with Crippen molar-refractivity contribution >= 4 is 17.4 Å². The highest BCUT2D eigenvalue weighted by Gasteiger charge is 2.29. The molecule has 1 fully saturated rings. The van der Waals surface area contributed by atoms with Crippen molar-refractivity contribution in [1.29, 1.82) is 0 Å². The molecule has 3 rings (SSSR count). The van der Waals surface area contributed by atoms with Crippen LogP contribution < -0.4 is 15.0 Å². The fourth-order valence-corrected chi connectivity index (χ4v) is 3.33. The summed E-state index contributed by atoms with van der Waals surface area (Å²) in [4.78, 5) is 26.7. The van der Waals surface area contributed by atoms with Gasteiger partial charge in [-0.25, -0.2) is 0 Å². The molecule has 124 valence electrons. The lowest BCUT2D eigenvalue weighted by atomic mass is 9.90. The van der Waals surface area contributed by atoms with Crippen LogP contribution in [0.2, 0.25) is 0 Å². The van der Waals surface area contributed by atoms with Gasteiger partial charge in [0.2, 0.25) is 5.91 Å². The van der Waals surface area contributed by atoms with Crippen LogP contribution in [-0.2, 0) is 4.79 Å². The number of Topliss-reactive ketones (excluding diaryl/α,β-unsaturated/α-hetero) is 1. The standard InChI is InChI=1S/C18H24N2O3/c1-3-17(21)20-11-12(2)23-16-7-6-13(9-15(16)20)18(22)14-5-4-8-19-10-14/h6-7,9,12,14,19H,3-5,8,10-11H2,1-2H3. The minimum absolute atomic E-state index is 0.0283. The fourth-order valence-electron chi connectivity index (χ4n) is 3.33. The molecule has 1 aromatic rings.